The van der Waals surface area contributed by atoms with Crippen LogP contribution in [0.25, 0.3) is 0 Å². The quantitative estimate of drug-likeness (QED) is 0.639. The van der Waals surface area contributed by atoms with Crippen LogP contribution in [0.1, 0.15) is 18.9 Å². The highest BCUT2D eigenvalue weighted by Crippen LogP contribution is 2.15. The van der Waals surface area contributed by atoms with Crippen LogP contribution in [0.5, 0.6) is 5.75 Å². The molecule has 0 bridgehead atoms. The van der Waals surface area contributed by atoms with Gasteiger partial charge in [0.1, 0.15) is 5.75 Å². The van der Waals surface area contributed by atoms with E-state index in [0.29, 0.717) is 17.2 Å². The molecule has 0 saturated heterocycles. The molecular formula is C16H17ClN2O3S. The number of hydrogen-bond donors (Lipinski definition) is 1. The topological polar surface area (TPSA) is 67.8 Å². The van der Waals surface area contributed by atoms with Gasteiger partial charge in [0.25, 0.3) is 10.0 Å². The first kappa shape index (κ1) is 17.3. The molecule has 5 nitrogen and oxygen atoms in total. The molecule has 122 valence electrons. The first-order valence-corrected chi connectivity index (χ1v) is 8.80. The molecule has 2 rings (SSSR count). The lowest BCUT2D eigenvalue weighted by atomic mass is 10.1. The lowest BCUT2D eigenvalue weighted by Crippen LogP contribution is -2.20. The summed E-state index contributed by atoms with van der Waals surface area (Å²) in [5.74, 6) is 0.728. The third-order valence-corrected chi connectivity index (χ3v) is 4.66. The molecule has 7 heteroatoms. The molecule has 2 aromatic carbocycles. The van der Waals surface area contributed by atoms with Crippen LogP contribution in [0.15, 0.2) is 58.5 Å². The van der Waals surface area contributed by atoms with Gasteiger partial charge in [-0.05, 0) is 60.5 Å². The molecule has 0 atom stereocenters. The van der Waals surface area contributed by atoms with Crippen LogP contribution in [-0.4, -0.2) is 21.2 Å². The van der Waals surface area contributed by atoms with Crippen molar-refractivity contribution in [1.82, 2.24) is 4.83 Å². The lowest BCUT2D eigenvalue weighted by Gasteiger charge is -2.08. The molecule has 0 aliphatic rings. The van der Waals surface area contributed by atoms with Gasteiger partial charge in [0.2, 0.25) is 0 Å². The number of rotatable bonds is 6. The van der Waals surface area contributed by atoms with Crippen LogP contribution in [-0.2, 0) is 10.0 Å². The second-order valence-electron chi connectivity index (χ2n) is 4.69. The number of hydrazone groups is 1. The standard InChI is InChI=1S/C16H17ClN2O3S/c1-3-16(12-4-8-14(22-2)9-5-12)18-19-23(20,21)15-10-6-13(17)7-11-15/h4-11,19H,3H2,1-2H3/b18-16+. The van der Waals surface area contributed by atoms with Gasteiger partial charge in [0.05, 0.1) is 17.7 Å². The third-order valence-electron chi connectivity index (χ3n) is 3.18. The number of ether oxygens (including phenoxy) is 1. The molecule has 0 amide bonds. The summed E-state index contributed by atoms with van der Waals surface area (Å²) in [6.07, 6.45) is 0.579. The van der Waals surface area contributed by atoms with Crippen molar-refractivity contribution in [3.05, 3.63) is 59.1 Å². The summed E-state index contributed by atoms with van der Waals surface area (Å²) in [5, 5.41) is 4.52. The zero-order chi connectivity index (χ0) is 16.9. The van der Waals surface area contributed by atoms with Crippen molar-refractivity contribution < 1.29 is 13.2 Å². The van der Waals surface area contributed by atoms with Gasteiger partial charge in [0.15, 0.2) is 0 Å². The third kappa shape index (κ3) is 4.46. The fourth-order valence-corrected chi connectivity index (χ4v) is 2.87. The summed E-state index contributed by atoms with van der Waals surface area (Å²) in [4.78, 5) is 2.37. The molecule has 0 spiro atoms. The van der Waals surface area contributed by atoms with Gasteiger partial charge in [0, 0.05) is 5.02 Å². The average molecular weight is 353 g/mol. The molecule has 0 aromatic heterocycles. The Labute approximate surface area is 141 Å². The number of methoxy groups -OCH3 is 1. The zero-order valence-corrected chi connectivity index (χ0v) is 14.4. The molecule has 0 aliphatic carbocycles. The van der Waals surface area contributed by atoms with Gasteiger partial charge in [-0.15, -0.1) is 0 Å². The molecule has 0 radical (unpaired) electrons. The van der Waals surface area contributed by atoms with Crippen molar-refractivity contribution in [3.8, 4) is 5.75 Å². The Kier molecular flexibility index (Phi) is 5.63. The molecule has 0 heterocycles. The summed E-state index contributed by atoms with van der Waals surface area (Å²) >= 11 is 5.76. The van der Waals surface area contributed by atoms with E-state index < -0.39 is 10.0 Å². The van der Waals surface area contributed by atoms with E-state index in [-0.39, 0.29) is 4.90 Å². The van der Waals surface area contributed by atoms with Crippen molar-refractivity contribution in [2.45, 2.75) is 18.2 Å². The monoisotopic (exact) mass is 352 g/mol. The Hall–Kier alpha value is -2.05. The molecule has 0 saturated carbocycles. The van der Waals surface area contributed by atoms with E-state index in [1.807, 2.05) is 19.1 Å². The van der Waals surface area contributed by atoms with Gasteiger partial charge < -0.3 is 4.74 Å². The van der Waals surface area contributed by atoms with E-state index >= 15 is 0 Å². The van der Waals surface area contributed by atoms with Crippen molar-refractivity contribution in [2.24, 2.45) is 5.10 Å². The van der Waals surface area contributed by atoms with Crippen LogP contribution in [0.3, 0.4) is 0 Å². The molecule has 1 N–H and O–H groups in total. The van der Waals surface area contributed by atoms with E-state index in [2.05, 4.69) is 9.93 Å². The molecule has 0 fully saturated rings. The second kappa shape index (κ2) is 7.48. The number of sulfonamides is 1. The number of nitrogens with zero attached hydrogens (tertiary/aromatic N) is 1. The van der Waals surface area contributed by atoms with Crippen molar-refractivity contribution in [1.29, 1.82) is 0 Å². The Morgan fingerprint density at radius 2 is 1.74 bits per heavy atom. The highest BCUT2D eigenvalue weighted by Gasteiger charge is 2.13. The minimum atomic E-state index is -3.72. The normalized spacial score (nSPS) is 12.0. The minimum Gasteiger partial charge on any atom is -0.497 e. The lowest BCUT2D eigenvalue weighted by molar-refractivity contribution is 0.415. The van der Waals surface area contributed by atoms with Crippen LogP contribution >= 0.6 is 11.6 Å². The van der Waals surface area contributed by atoms with E-state index in [4.69, 9.17) is 16.3 Å². The van der Waals surface area contributed by atoms with Crippen molar-refractivity contribution >= 4 is 27.3 Å². The summed E-state index contributed by atoms with van der Waals surface area (Å²) in [7, 11) is -2.14. The Balaban J connectivity index is 2.22. The molecule has 0 aliphatic heterocycles. The van der Waals surface area contributed by atoms with Gasteiger partial charge >= 0.3 is 0 Å². The van der Waals surface area contributed by atoms with Crippen LogP contribution in [0, 0.1) is 0 Å². The molecule has 2 aromatic rings. The zero-order valence-electron chi connectivity index (χ0n) is 12.8. The predicted octanol–water partition coefficient (Wildman–Crippen LogP) is 3.44. The summed E-state index contributed by atoms with van der Waals surface area (Å²) in [6.45, 7) is 1.90. The average Bonchev–Trinajstić information content (AvgIpc) is 2.56. The van der Waals surface area contributed by atoms with Crippen molar-refractivity contribution in [3.63, 3.8) is 0 Å². The van der Waals surface area contributed by atoms with Gasteiger partial charge in [-0.25, -0.2) is 0 Å². The number of benzene rings is 2. The SMILES string of the molecule is CC/C(=N\NS(=O)(=O)c1ccc(Cl)cc1)c1ccc(OC)cc1. The van der Waals surface area contributed by atoms with Crippen molar-refractivity contribution in [2.75, 3.05) is 7.11 Å². The van der Waals surface area contributed by atoms with Gasteiger partial charge in [-0.2, -0.15) is 18.4 Å². The van der Waals surface area contributed by atoms with Gasteiger partial charge in [-0.3, -0.25) is 0 Å². The first-order chi connectivity index (χ1) is 11.0. The molecule has 0 unspecified atom stereocenters. The smallest absolute Gasteiger partial charge is 0.276 e. The Morgan fingerprint density at radius 3 is 2.26 bits per heavy atom. The van der Waals surface area contributed by atoms with Crippen LogP contribution in [0.2, 0.25) is 5.02 Å². The molecular weight excluding hydrogens is 336 g/mol. The first-order valence-electron chi connectivity index (χ1n) is 6.94. The van der Waals surface area contributed by atoms with Crippen LogP contribution < -0.4 is 9.57 Å². The van der Waals surface area contributed by atoms with Gasteiger partial charge in [-0.1, -0.05) is 18.5 Å². The summed E-state index contributed by atoms with van der Waals surface area (Å²) in [5.41, 5.74) is 1.46. The largest absolute Gasteiger partial charge is 0.497 e. The summed E-state index contributed by atoms with van der Waals surface area (Å²) in [6, 6.07) is 13.2. The number of halogens is 1. The Morgan fingerprint density at radius 1 is 1.13 bits per heavy atom. The maximum absolute atomic E-state index is 12.2. The van der Waals surface area contributed by atoms with Crippen LogP contribution in [0.4, 0.5) is 0 Å². The van der Waals surface area contributed by atoms with E-state index in [9.17, 15) is 8.42 Å². The Bertz CT molecular complexity index is 785. The fraction of sp³-hybridized carbons (Fsp3) is 0.188. The maximum atomic E-state index is 12.2. The van der Waals surface area contributed by atoms with E-state index in [1.165, 1.54) is 24.3 Å². The highest BCUT2D eigenvalue weighted by molar-refractivity contribution is 7.89. The number of nitrogens with one attached hydrogen (secondary N) is 1. The summed E-state index contributed by atoms with van der Waals surface area (Å²) < 4.78 is 29.5. The molecule has 23 heavy (non-hydrogen) atoms. The minimum absolute atomic E-state index is 0.107. The van der Waals surface area contributed by atoms with E-state index in [1.54, 1.807) is 19.2 Å². The fourth-order valence-electron chi connectivity index (χ4n) is 1.91. The highest BCUT2D eigenvalue weighted by atomic mass is 35.5. The van der Waals surface area contributed by atoms with E-state index in [0.717, 1.165) is 11.3 Å². The number of hydrogen-bond acceptors (Lipinski definition) is 4. The second-order valence-corrected chi connectivity index (χ2v) is 6.79. The maximum Gasteiger partial charge on any atom is 0.276 e. The predicted molar refractivity (Wildman–Crippen MR) is 91.6 cm³/mol.